The third-order valence-electron chi connectivity index (χ3n) is 4.31. The summed E-state index contributed by atoms with van der Waals surface area (Å²) in [5, 5.41) is 4.22. The summed E-state index contributed by atoms with van der Waals surface area (Å²) in [6.45, 7) is 1.11. The Labute approximate surface area is 113 Å². The first-order valence-electron chi connectivity index (χ1n) is 6.89. The highest BCUT2D eigenvalue weighted by Crippen LogP contribution is 2.37. The lowest BCUT2D eigenvalue weighted by atomic mass is 9.70. The van der Waals surface area contributed by atoms with Crippen LogP contribution in [0, 0.1) is 17.7 Å². The Morgan fingerprint density at radius 2 is 1.94 bits per heavy atom. The molecule has 1 aromatic carbocycles. The minimum Gasteiger partial charge on any atom is -0.314 e. The average Bonchev–Trinajstić information content (AvgIpc) is 3.13. The number of hydrogen-bond donors (Lipinski definition) is 1. The van der Waals surface area contributed by atoms with Gasteiger partial charge >= 0.3 is 0 Å². The van der Waals surface area contributed by atoms with E-state index in [0.717, 1.165) is 30.5 Å². The molecule has 2 fully saturated rings. The van der Waals surface area contributed by atoms with Crippen molar-refractivity contribution < 1.29 is 4.39 Å². The van der Waals surface area contributed by atoms with Crippen LogP contribution in [0.2, 0.25) is 5.02 Å². The Kier molecular flexibility index (Phi) is 3.58. The Hall–Kier alpha value is -0.600. The zero-order chi connectivity index (χ0) is 12.5. The largest absolute Gasteiger partial charge is 0.314 e. The summed E-state index contributed by atoms with van der Waals surface area (Å²) in [5.41, 5.74) is 0.781. The van der Waals surface area contributed by atoms with Crippen LogP contribution in [0.1, 0.15) is 31.2 Å². The molecule has 0 aromatic heterocycles. The molecule has 98 valence electrons. The van der Waals surface area contributed by atoms with Crippen molar-refractivity contribution >= 4 is 11.6 Å². The van der Waals surface area contributed by atoms with E-state index in [1.54, 1.807) is 12.1 Å². The molecule has 2 unspecified atom stereocenters. The van der Waals surface area contributed by atoms with Crippen LogP contribution in [-0.4, -0.2) is 12.6 Å². The van der Waals surface area contributed by atoms with E-state index in [4.69, 9.17) is 11.6 Å². The minimum atomic E-state index is -0.111. The lowest BCUT2D eigenvalue weighted by molar-refractivity contribution is 0.169. The van der Waals surface area contributed by atoms with E-state index in [9.17, 15) is 4.39 Å². The van der Waals surface area contributed by atoms with Crippen molar-refractivity contribution in [2.75, 3.05) is 6.54 Å². The molecule has 0 amide bonds. The van der Waals surface area contributed by atoms with E-state index in [1.807, 2.05) is 0 Å². The highest BCUT2D eigenvalue weighted by atomic mass is 35.5. The zero-order valence-electron chi connectivity index (χ0n) is 10.5. The van der Waals surface area contributed by atoms with E-state index >= 15 is 0 Å². The molecule has 2 saturated carbocycles. The molecule has 0 spiro atoms. The first-order valence-corrected chi connectivity index (χ1v) is 7.27. The Balaban J connectivity index is 1.56. The molecule has 0 radical (unpaired) electrons. The van der Waals surface area contributed by atoms with Crippen LogP contribution in [0.3, 0.4) is 0 Å². The van der Waals surface area contributed by atoms with Crippen LogP contribution < -0.4 is 5.32 Å². The van der Waals surface area contributed by atoms with Crippen LogP contribution in [0.4, 0.5) is 4.39 Å². The van der Waals surface area contributed by atoms with Gasteiger partial charge in [0.1, 0.15) is 5.82 Å². The van der Waals surface area contributed by atoms with Crippen LogP contribution in [0.5, 0.6) is 0 Å². The Morgan fingerprint density at radius 1 is 1.17 bits per heavy atom. The maximum absolute atomic E-state index is 13.7. The van der Waals surface area contributed by atoms with Crippen LogP contribution >= 0.6 is 11.6 Å². The second-order valence-electron chi connectivity index (χ2n) is 5.72. The summed E-state index contributed by atoms with van der Waals surface area (Å²) in [5.74, 6) is 1.24. The molecule has 2 atom stereocenters. The standard InChI is InChI=1S/C15H19ClFN/c16-13-3-6-15(17)12(8-13)7-10-1-2-11(10)9-18-14-4-5-14/h3,6,8,10-11,14,18H,1-2,4-5,7,9H2. The van der Waals surface area contributed by atoms with E-state index < -0.39 is 0 Å². The molecule has 0 bridgehead atoms. The van der Waals surface area contributed by atoms with E-state index in [2.05, 4.69) is 5.32 Å². The smallest absolute Gasteiger partial charge is 0.126 e. The van der Waals surface area contributed by atoms with Gasteiger partial charge in [0.15, 0.2) is 0 Å². The highest BCUT2D eigenvalue weighted by molar-refractivity contribution is 6.30. The molecule has 1 nitrogen and oxygen atoms in total. The van der Waals surface area contributed by atoms with Gasteiger partial charge in [0.25, 0.3) is 0 Å². The number of nitrogens with one attached hydrogen (secondary N) is 1. The van der Waals surface area contributed by atoms with Gasteiger partial charge < -0.3 is 5.32 Å². The summed E-state index contributed by atoms with van der Waals surface area (Å²) in [4.78, 5) is 0. The summed E-state index contributed by atoms with van der Waals surface area (Å²) in [6, 6.07) is 5.65. The number of hydrogen-bond acceptors (Lipinski definition) is 1. The predicted octanol–water partition coefficient (Wildman–Crippen LogP) is 3.80. The molecule has 3 heteroatoms. The van der Waals surface area contributed by atoms with Crippen molar-refractivity contribution in [1.82, 2.24) is 5.32 Å². The number of halogens is 2. The fourth-order valence-electron chi connectivity index (χ4n) is 2.76. The fourth-order valence-corrected chi connectivity index (χ4v) is 2.96. The molecular weight excluding hydrogens is 249 g/mol. The van der Waals surface area contributed by atoms with Crippen molar-refractivity contribution in [2.24, 2.45) is 11.8 Å². The summed E-state index contributed by atoms with van der Waals surface area (Å²) < 4.78 is 13.7. The second-order valence-corrected chi connectivity index (χ2v) is 6.16. The van der Waals surface area contributed by atoms with Gasteiger partial charge in [-0.1, -0.05) is 11.6 Å². The van der Waals surface area contributed by atoms with Gasteiger partial charge in [0, 0.05) is 11.1 Å². The first kappa shape index (κ1) is 12.4. The van der Waals surface area contributed by atoms with Crippen molar-refractivity contribution in [3.63, 3.8) is 0 Å². The van der Waals surface area contributed by atoms with Crippen LogP contribution in [-0.2, 0) is 6.42 Å². The minimum absolute atomic E-state index is 0.111. The molecule has 3 rings (SSSR count). The quantitative estimate of drug-likeness (QED) is 0.856. The second kappa shape index (κ2) is 5.18. The molecule has 0 aliphatic heterocycles. The van der Waals surface area contributed by atoms with Crippen molar-refractivity contribution in [3.8, 4) is 0 Å². The number of benzene rings is 1. The number of rotatable bonds is 5. The first-order chi connectivity index (χ1) is 8.72. The average molecular weight is 268 g/mol. The van der Waals surface area contributed by atoms with Gasteiger partial charge in [-0.25, -0.2) is 4.39 Å². The van der Waals surface area contributed by atoms with Gasteiger partial charge in [-0.05, 0) is 74.2 Å². The summed E-state index contributed by atoms with van der Waals surface area (Å²) in [6.07, 6.45) is 6.01. The molecule has 1 N–H and O–H groups in total. The molecule has 18 heavy (non-hydrogen) atoms. The lowest BCUT2D eigenvalue weighted by Crippen LogP contribution is -2.37. The zero-order valence-corrected chi connectivity index (χ0v) is 11.2. The summed E-state index contributed by atoms with van der Waals surface area (Å²) >= 11 is 5.93. The fraction of sp³-hybridized carbons (Fsp3) is 0.600. The van der Waals surface area contributed by atoms with Crippen LogP contribution in [0.25, 0.3) is 0 Å². The SMILES string of the molecule is Fc1ccc(Cl)cc1CC1CCC1CNC1CC1. The third-order valence-corrected chi connectivity index (χ3v) is 4.55. The maximum Gasteiger partial charge on any atom is 0.126 e. The molecule has 2 aliphatic rings. The molecule has 0 heterocycles. The van der Waals surface area contributed by atoms with Crippen molar-refractivity contribution in [3.05, 3.63) is 34.6 Å². The van der Waals surface area contributed by atoms with E-state index in [0.29, 0.717) is 10.9 Å². The molecular formula is C15H19ClFN. The van der Waals surface area contributed by atoms with Crippen molar-refractivity contribution in [2.45, 2.75) is 38.1 Å². The van der Waals surface area contributed by atoms with Gasteiger partial charge in [0.2, 0.25) is 0 Å². The van der Waals surface area contributed by atoms with Gasteiger partial charge in [0.05, 0.1) is 0 Å². The topological polar surface area (TPSA) is 12.0 Å². The lowest BCUT2D eigenvalue weighted by Gasteiger charge is -2.37. The maximum atomic E-state index is 13.7. The molecule has 2 aliphatic carbocycles. The van der Waals surface area contributed by atoms with Crippen molar-refractivity contribution in [1.29, 1.82) is 0 Å². The predicted molar refractivity (Wildman–Crippen MR) is 72.4 cm³/mol. The van der Waals surface area contributed by atoms with Gasteiger partial charge in [-0.2, -0.15) is 0 Å². The normalized spacial score (nSPS) is 27.0. The Bertz CT molecular complexity index is 431. The van der Waals surface area contributed by atoms with E-state index in [-0.39, 0.29) is 5.82 Å². The van der Waals surface area contributed by atoms with Gasteiger partial charge in [-0.15, -0.1) is 0 Å². The van der Waals surface area contributed by atoms with Crippen LogP contribution in [0.15, 0.2) is 18.2 Å². The van der Waals surface area contributed by atoms with E-state index in [1.165, 1.54) is 31.7 Å². The molecule has 1 aromatic rings. The van der Waals surface area contributed by atoms with Gasteiger partial charge in [-0.3, -0.25) is 0 Å². The molecule has 0 saturated heterocycles. The third kappa shape index (κ3) is 2.86. The Morgan fingerprint density at radius 3 is 2.61 bits per heavy atom. The highest BCUT2D eigenvalue weighted by Gasteiger charge is 2.32. The summed E-state index contributed by atoms with van der Waals surface area (Å²) in [7, 11) is 0. The monoisotopic (exact) mass is 267 g/mol.